The first kappa shape index (κ1) is 14.7. The van der Waals surface area contributed by atoms with Crippen molar-refractivity contribution in [1.29, 1.82) is 0 Å². The van der Waals surface area contributed by atoms with Crippen LogP contribution in [-0.2, 0) is 13.0 Å². The van der Waals surface area contributed by atoms with E-state index in [1.807, 2.05) is 13.2 Å². The minimum absolute atomic E-state index is 0.623. The van der Waals surface area contributed by atoms with E-state index in [-0.39, 0.29) is 0 Å². The van der Waals surface area contributed by atoms with Gasteiger partial charge in [0.15, 0.2) is 0 Å². The fourth-order valence-corrected chi connectivity index (χ4v) is 3.28. The molecule has 0 saturated carbocycles. The zero-order valence-corrected chi connectivity index (χ0v) is 12.6. The van der Waals surface area contributed by atoms with Crippen LogP contribution in [-0.4, -0.2) is 35.8 Å². The van der Waals surface area contributed by atoms with Crippen molar-refractivity contribution in [3.8, 4) is 0 Å². The molecule has 0 saturated heterocycles. The molecule has 3 nitrogen and oxygen atoms in total. The predicted octanol–water partition coefficient (Wildman–Crippen LogP) is 2.25. The average molecular weight is 280 g/mol. The Morgan fingerprint density at radius 1 is 1.47 bits per heavy atom. The van der Waals surface area contributed by atoms with Gasteiger partial charge in [-0.2, -0.15) is 11.8 Å². The quantitative estimate of drug-likeness (QED) is 0.748. The number of benzene rings is 1. The van der Waals surface area contributed by atoms with Crippen LogP contribution in [0.2, 0.25) is 0 Å². The van der Waals surface area contributed by atoms with E-state index in [0.717, 1.165) is 18.8 Å². The molecule has 1 aromatic rings. The molecule has 2 rings (SSSR count). The fourth-order valence-electron chi connectivity index (χ4n) is 2.56. The van der Waals surface area contributed by atoms with E-state index in [1.54, 1.807) is 11.8 Å². The number of thioether (sulfide) groups is 1. The molecule has 106 valence electrons. The van der Waals surface area contributed by atoms with Crippen molar-refractivity contribution in [1.82, 2.24) is 5.32 Å². The van der Waals surface area contributed by atoms with Gasteiger partial charge in [0.2, 0.25) is 0 Å². The number of fused-ring (bicyclic) bond motifs is 1. The largest absolute Gasteiger partial charge is 0.388 e. The second-order valence-electron chi connectivity index (χ2n) is 5.52. The Kier molecular flexibility index (Phi) is 5.13. The molecule has 1 aliphatic rings. The third-order valence-electron chi connectivity index (χ3n) is 3.44. The van der Waals surface area contributed by atoms with Crippen LogP contribution in [0.1, 0.15) is 24.5 Å². The Balaban J connectivity index is 1.93. The maximum Gasteiger partial charge on any atom is 0.0833 e. The number of rotatable bonds is 6. The molecule has 0 bridgehead atoms. The van der Waals surface area contributed by atoms with Crippen LogP contribution in [0.15, 0.2) is 18.2 Å². The molecule has 3 N–H and O–H groups in total. The summed E-state index contributed by atoms with van der Waals surface area (Å²) < 4.78 is 0. The van der Waals surface area contributed by atoms with Crippen LogP contribution in [0.4, 0.5) is 5.69 Å². The topological polar surface area (TPSA) is 44.3 Å². The molecule has 0 spiro atoms. The third-order valence-corrected chi connectivity index (χ3v) is 4.35. The number of aryl methyl sites for hydroxylation is 1. The molecule has 0 fully saturated rings. The Hall–Kier alpha value is -0.710. The molecule has 0 amide bonds. The fraction of sp³-hybridized carbons (Fsp3) is 0.600. The lowest BCUT2D eigenvalue weighted by atomic mass is 9.99. The van der Waals surface area contributed by atoms with Crippen LogP contribution in [0.3, 0.4) is 0 Å². The van der Waals surface area contributed by atoms with Gasteiger partial charge >= 0.3 is 0 Å². The van der Waals surface area contributed by atoms with Crippen LogP contribution >= 0.6 is 11.8 Å². The highest BCUT2D eigenvalue weighted by Gasteiger charge is 2.19. The van der Waals surface area contributed by atoms with Crippen molar-refractivity contribution in [2.45, 2.75) is 31.9 Å². The Morgan fingerprint density at radius 3 is 3.11 bits per heavy atom. The molecular weight excluding hydrogens is 256 g/mol. The lowest BCUT2D eigenvalue weighted by molar-refractivity contribution is 0.0846. The van der Waals surface area contributed by atoms with E-state index in [9.17, 15) is 5.11 Å². The van der Waals surface area contributed by atoms with Crippen LogP contribution in [0.25, 0.3) is 0 Å². The predicted molar refractivity (Wildman–Crippen MR) is 84.0 cm³/mol. The number of nitrogens with one attached hydrogen (secondary N) is 2. The molecule has 0 aromatic heterocycles. The van der Waals surface area contributed by atoms with Crippen LogP contribution < -0.4 is 10.6 Å². The van der Waals surface area contributed by atoms with E-state index < -0.39 is 5.60 Å². The Morgan fingerprint density at radius 2 is 2.32 bits per heavy atom. The van der Waals surface area contributed by atoms with Crippen LogP contribution in [0, 0.1) is 0 Å². The SMILES string of the molecule is CSCC(C)(O)CNCc1cccc2c1NCCC2. The molecule has 1 unspecified atom stereocenters. The Bertz CT molecular complexity index is 421. The number of para-hydroxylation sites is 1. The normalized spacial score (nSPS) is 17.4. The van der Waals surface area contributed by atoms with E-state index in [1.165, 1.54) is 29.7 Å². The number of hydrogen-bond acceptors (Lipinski definition) is 4. The van der Waals surface area contributed by atoms with Gasteiger partial charge in [0.05, 0.1) is 5.60 Å². The summed E-state index contributed by atoms with van der Waals surface area (Å²) in [6.07, 6.45) is 4.40. The first-order chi connectivity index (χ1) is 9.12. The Labute approximate surface area is 120 Å². The molecular formula is C15H24N2OS. The van der Waals surface area contributed by atoms with Gasteiger partial charge in [-0.3, -0.25) is 0 Å². The minimum Gasteiger partial charge on any atom is -0.388 e. The molecule has 0 aliphatic carbocycles. The lowest BCUT2D eigenvalue weighted by Gasteiger charge is -2.24. The molecule has 1 heterocycles. The van der Waals surface area contributed by atoms with Gasteiger partial charge in [-0.05, 0) is 37.1 Å². The monoisotopic (exact) mass is 280 g/mol. The van der Waals surface area contributed by atoms with Gasteiger partial charge in [0.25, 0.3) is 0 Å². The van der Waals surface area contributed by atoms with Gasteiger partial charge < -0.3 is 15.7 Å². The first-order valence-electron chi connectivity index (χ1n) is 6.89. The van der Waals surface area contributed by atoms with Crippen molar-refractivity contribution < 1.29 is 5.11 Å². The average Bonchev–Trinajstić information content (AvgIpc) is 2.39. The molecule has 1 aliphatic heterocycles. The standard InChI is InChI=1S/C15H24N2OS/c1-15(18,11-19-2)10-16-9-13-6-3-5-12-7-4-8-17-14(12)13/h3,5-6,16-18H,4,7-11H2,1-2H3. The van der Waals surface area contributed by atoms with Crippen molar-refractivity contribution in [3.63, 3.8) is 0 Å². The summed E-state index contributed by atoms with van der Waals surface area (Å²) in [7, 11) is 0. The van der Waals surface area contributed by atoms with E-state index in [0.29, 0.717) is 6.54 Å². The highest BCUT2D eigenvalue weighted by atomic mass is 32.2. The van der Waals surface area contributed by atoms with Crippen molar-refractivity contribution in [2.75, 3.05) is 30.4 Å². The summed E-state index contributed by atoms with van der Waals surface area (Å²) in [5.41, 5.74) is 3.38. The first-order valence-corrected chi connectivity index (χ1v) is 8.28. The summed E-state index contributed by atoms with van der Waals surface area (Å²) in [5, 5.41) is 17.0. The van der Waals surface area contributed by atoms with Crippen molar-refractivity contribution in [2.24, 2.45) is 0 Å². The van der Waals surface area contributed by atoms with E-state index in [2.05, 4.69) is 28.8 Å². The highest BCUT2D eigenvalue weighted by molar-refractivity contribution is 7.98. The lowest BCUT2D eigenvalue weighted by Crippen LogP contribution is -2.39. The van der Waals surface area contributed by atoms with Crippen molar-refractivity contribution >= 4 is 17.4 Å². The summed E-state index contributed by atoms with van der Waals surface area (Å²) in [6.45, 7) is 4.38. The van der Waals surface area contributed by atoms with Gasteiger partial charge in [-0.25, -0.2) is 0 Å². The second-order valence-corrected chi connectivity index (χ2v) is 6.38. The molecule has 1 aromatic carbocycles. The zero-order chi connectivity index (χ0) is 13.7. The van der Waals surface area contributed by atoms with Gasteiger partial charge in [-0.15, -0.1) is 0 Å². The van der Waals surface area contributed by atoms with E-state index >= 15 is 0 Å². The smallest absolute Gasteiger partial charge is 0.0833 e. The zero-order valence-electron chi connectivity index (χ0n) is 11.8. The number of hydrogen-bond donors (Lipinski definition) is 3. The third kappa shape index (κ3) is 4.13. The number of anilines is 1. The summed E-state index contributed by atoms with van der Waals surface area (Å²) >= 11 is 1.68. The summed E-state index contributed by atoms with van der Waals surface area (Å²) in [6, 6.07) is 6.49. The van der Waals surface area contributed by atoms with E-state index in [4.69, 9.17) is 0 Å². The van der Waals surface area contributed by atoms with Gasteiger partial charge in [0, 0.05) is 31.1 Å². The summed E-state index contributed by atoms with van der Waals surface area (Å²) in [4.78, 5) is 0. The molecule has 4 heteroatoms. The highest BCUT2D eigenvalue weighted by Crippen LogP contribution is 2.25. The summed E-state index contributed by atoms with van der Waals surface area (Å²) in [5.74, 6) is 0.755. The second kappa shape index (κ2) is 6.64. The minimum atomic E-state index is -0.637. The van der Waals surface area contributed by atoms with Gasteiger partial charge in [-0.1, -0.05) is 18.2 Å². The maximum atomic E-state index is 10.1. The van der Waals surface area contributed by atoms with Crippen LogP contribution in [0.5, 0.6) is 0 Å². The maximum absolute atomic E-state index is 10.1. The van der Waals surface area contributed by atoms with Crippen molar-refractivity contribution in [3.05, 3.63) is 29.3 Å². The molecule has 0 radical (unpaired) electrons. The molecule has 19 heavy (non-hydrogen) atoms. The molecule has 1 atom stereocenters. The van der Waals surface area contributed by atoms with Gasteiger partial charge in [0.1, 0.15) is 0 Å². The number of aliphatic hydroxyl groups is 1.